The molecule has 0 radical (unpaired) electrons. The molecule has 7 nitrogen and oxygen atoms in total. The monoisotopic (exact) mass is 384 g/mol. The highest BCUT2D eigenvalue weighted by Gasteiger charge is 2.21. The summed E-state index contributed by atoms with van der Waals surface area (Å²) >= 11 is 1.29. The molecule has 140 valence electrons. The van der Waals surface area contributed by atoms with Crippen molar-refractivity contribution < 1.29 is 9.59 Å². The third-order valence-corrected chi connectivity index (χ3v) is 5.09. The number of thiophene rings is 1. The second-order valence-corrected chi connectivity index (χ2v) is 8.36. The molecule has 0 atom stereocenters. The number of hydrogen-bond acceptors (Lipinski definition) is 6. The number of carbonyl (C=O) groups excluding carboxylic acids is 2. The molecule has 0 aliphatic carbocycles. The molecule has 1 N–H and O–H groups in total. The van der Waals surface area contributed by atoms with Gasteiger partial charge in [0.25, 0.3) is 5.56 Å². The molecule has 1 amide bonds. The van der Waals surface area contributed by atoms with Crippen molar-refractivity contribution in [3.05, 3.63) is 56.5 Å². The fourth-order valence-corrected chi connectivity index (χ4v) is 3.27. The number of Topliss-reactive ketones (excluding diaryl/α,β-unsaturated/α-hetero) is 1. The maximum atomic E-state index is 12.5. The average Bonchev–Trinajstić information content (AvgIpc) is 3.10. The Morgan fingerprint density at radius 2 is 1.89 bits per heavy atom. The van der Waals surface area contributed by atoms with Crippen LogP contribution in [0.25, 0.3) is 10.9 Å². The molecule has 0 saturated heterocycles. The van der Waals surface area contributed by atoms with Crippen LogP contribution in [-0.4, -0.2) is 26.7 Å². The highest BCUT2D eigenvalue weighted by Crippen LogP contribution is 2.19. The lowest BCUT2D eigenvalue weighted by Gasteiger charge is -2.17. The smallest absolute Gasteiger partial charge is 0.278 e. The summed E-state index contributed by atoms with van der Waals surface area (Å²) in [6.07, 6.45) is 0. The molecule has 0 aliphatic rings. The van der Waals surface area contributed by atoms with E-state index in [1.807, 2.05) is 20.8 Å². The van der Waals surface area contributed by atoms with Gasteiger partial charge in [-0.1, -0.05) is 38.1 Å². The largest absolute Gasteiger partial charge is 0.351 e. The zero-order valence-corrected chi connectivity index (χ0v) is 16.2. The van der Waals surface area contributed by atoms with E-state index in [1.54, 1.807) is 36.4 Å². The number of benzene rings is 1. The summed E-state index contributed by atoms with van der Waals surface area (Å²) in [5, 5.41) is 11.1. The molecule has 3 aromatic rings. The van der Waals surface area contributed by atoms with Crippen LogP contribution in [-0.2, 0) is 17.9 Å². The van der Waals surface area contributed by atoms with Crippen LogP contribution in [0.5, 0.6) is 0 Å². The summed E-state index contributed by atoms with van der Waals surface area (Å²) < 4.78 is 1.07. The molecular formula is C19H20N4O3S. The topological polar surface area (TPSA) is 93.9 Å². The van der Waals surface area contributed by atoms with Crippen LogP contribution < -0.4 is 10.9 Å². The molecule has 2 heterocycles. The maximum absolute atomic E-state index is 12.5. The first-order valence-electron chi connectivity index (χ1n) is 8.48. The van der Waals surface area contributed by atoms with Crippen molar-refractivity contribution in [3.8, 4) is 0 Å². The van der Waals surface area contributed by atoms with Crippen LogP contribution in [0, 0.1) is 5.41 Å². The molecule has 3 rings (SSSR count). The van der Waals surface area contributed by atoms with Crippen LogP contribution in [0.3, 0.4) is 0 Å². The van der Waals surface area contributed by atoms with E-state index in [-0.39, 0.29) is 23.8 Å². The molecule has 1 aromatic carbocycles. The molecule has 0 aliphatic heterocycles. The molecule has 0 unspecified atom stereocenters. The Balaban J connectivity index is 1.71. The zero-order valence-electron chi connectivity index (χ0n) is 15.4. The fraction of sp³-hybridized carbons (Fsp3) is 0.316. The Morgan fingerprint density at radius 1 is 1.15 bits per heavy atom. The minimum atomic E-state index is -0.466. The molecular weight excluding hydrogens is 364 g/mol. The standard InChI is InChI=1S/C19H20N4O3S/c1-19(2,3)18(26)20-10-12-8-9-16(27-12)15(24)11-23-17(25)13-6-4-5-7-14(13)21-22-23/h4-9H,10-11H2,1-3H3,(H,20,26). The summed E-state index contributed by atoms with van der Waals surface area (Å²) in [5.74, 6) is -0.276. The van der Waals surface area contributed by atoms with Gasteiger partial charge in [0.1, 0.15) is 12.1 Å². The summed E-state index contributed by atoms with van der Waals surface area (Å²) in [6, 6.07) is 10.4. The number of nitrogens with one attached hydrogen (secondary N) is 1. The minimum absolute atomic E-state index is 0.0539. The van der Waals surface area contributed by atoms with Crippen molar-refractivity contribution in [1.29, 1.82) is 0 Å². The number of fused-ring (bicyclic) bond motifs is 1. The van der Waals surface area contributed by atoms with Gasteiger partial charge in [-0.3, -0.25) is 14.4 Å². The van der Waals surface area contributed by atoms with E-state index in [4.69, 9.17) is 0 Å². The van der Waals surface area contributed by atoms with Gasteiger partial charge in [0.15, 0.2) is 5.78 Å². The van der Waals surface area contributed by atoms with E-state index in [0.717, 1.165) is 9.56 Å². The second-order valence-electron chi connectivity index (χ2n) is 7.19. The first-order chi connectivity index (χ1) is 12.8. The molecule has 2 aromatic heterocycles. The average molecular weight is 384 g/mol. The fourth-order valence-electron chi connectivity index (χ4n) is 2.40. The van der Waals surface area contributed by atoms with Crippen LogP contribution in [0.2, 0.25) is 0 Å². The lowest BCUT2D eigenvalue weighted by molar-refractivity contribution is -0.128. The summed E-state index contributed by atoms with van der Waals surface area (Å²) in [5.41, 5.74) is -0.311. The number of nitrogens with zero attached hydrogens (tertiary/aromatic N) is 3. The predicted molar refractivity (Wildman–Crippen MR) is 104 cm³/mol. The molecule has 0 spiro atoms. The number of hydrogen-bond donors (Lipinski definition) is 1. The van der Waals surface area contributed by atoms with E-state index < -0.39 is 5.41 Å². The number of amides is 1. The lowest BCUT2D eigenvalue weighted by atomic mass is 9.96. The van der Waals surface area contributed by atoms with Crippen molar-refractivity contribution in [3.63, 3.8) is 0 Å². The molecule has 0 fully saturated rings. The summed E-state index contributed by atoms with van der Waals surface area (Å²) in [6.45, 7) is 5.71. The van der Waals surface area contributed by atoms with E-state index >= 15 is 0 Å². The molecule has 8 heteroatoms. The van der Waals surface area contributed by atoms with Gasteiger partial charge >= 0.3 is 0 Å². The lowest BCUT2D eigenvalue weighted by Crippen LogP contribution is -2.34. The third-order valence-electron chi connectivity index (χ3n) is 3.96. The first-order valence-corrected chi connectivity index (χ1v) is 9.30. The number of rotatable bonds is 5. The SMILES string of the molecule is CC(C)(C)C(=O)NCc1ccc(C(=O)Cn2nnc3ccccc3c2=O)s1. The van der Waals surface area contributed by atoms with Crippen LogP contribution in [0.1, 0.15) is 35.3 Å². The van der Waals surface area contributed by atoms with Crippen molar-refractivity contribution in [1.82, 2.24) is 20.3 Å². The number of carbonyl (C=O) groups is 2. The van der Waals surface area contributed by atoms with E-state index in [0.29, 0.717) is 22.3 Å². The Bertz CT molecular complexity index is 1060. The normalized spacial score (nSPS) is 11.5. The predicted octanol–water partition coefficient (Wildman–Crippen LogP) is 2.40. The van der Waals surface area contributed by atoms with E-state index in [1.165, 1.54) is 11.3 Å². The Labute approximate surface area is 160 Å². The van der Waals surface area contributed by atoms with Gasteiger partial charge in [0, 0.05) is 10.3 Å². The summed E-state index contributed by atoms with van der Waals surface area (Å²) in [7, 11) is 0. The number of ketones is 1. The Kier molecular flexibility index (Phi) is 5.18. The van der Waals surface area contributed by atoms with Gasteiger partial charge < -0.3 is 5.32 Å². The van der Waals surface area contributed by atoms with Crippen LogP contribution >= 0.6 is 11.3 Å². The zero-order chi connectivity index (χ0) is 19.6. The highest BCUT2D eigenvalue weighted by molar-refractivity contribution is 7.14. The van der Waals surface area contributed by atoms with Crippen molar-refractivity contribution in [2.24, 2.45) is 5.41 Å². The Morgan fingerprint density at radius 3 is 2.63 bits per heavy atom. The van der Waals surface area contributed by atoms with Gasteiger partial charge in [-0.2, -0.15) is 0 Å². The summed E-state index contributed by atoms with van der Waals surface area (Å²) in [4.78, 5) is 38.3. The van der Waals surface area contributed by atoms with Gasteiger partial charge in [0.05, 0.1) is 16.8 Å². The minimum Gasteiger partial charge on any atom is -0.351 e. The number of aromatic nitrogens is 3. The second kappa shape index (κ2) is 7.40. The van der Waals surface area contributed by atoms with E-state index in [9.17, 15) is 14.4 Å². The Hall–Kier alpha value is -2.87. The van der Waals surface area contributed by atoms with E-state index in [2.05, 4.69) is 15.6 Å². The van der Waals surface area contributed by atoms with Crippen LogP contribution in [0.15, 0.2) is 41.2 Å². The highest BCUT2D eigenvalue weighted by atomic mass is 32.1. The van der Waals surface area contributed by atoms with Gasteiger partial charge in [-0.05, 0) is 24.3 Å². The molecule has 0 saturated carbocycles. The van der Waals surface area contributed by atoms with Gasteiger partial charge in [-0.25, -0.2) is 4.68 Å². The van der Waals surface area contributed by atoms with Crippen molar-refractivity contribution >= 4 is 33.9 Å². The molecule has 27 heavy (non-hydrogen) atoms. The van der Waals surface area contributed by atoms with Gasteiger partial charge in [-0.15, -0.1) is 16.4 Å². The molecule has 0 bridgehead atoms. The van der Waals surface area contributed by atoms with Crippen LogP contribution in [0.4, 0.5) is 0 Å². The van der Waals surface area contributed by atoms with Crippen molar-refractivity contribution in [2.75, 3.05) is 0 Å². The quantitative estimate of drug-likeness (QED) is 0.682. The maximum Gasteiger partial charge on any atom is 0.278 e. The van der Waals surface area contributed by atoms with Crippen molar-refractivity contribution in [2.45, 2.75) is 33.9 Å². The van der Waals surface area contributed by atoms with Gasteiger partial charge in [0.2, 0.25) is 5.91 Å². The first kappa shape index (κ1) is 18.9. The third kappa shape index (κ3) is 4.28.